The molecule has 0 radical (unpaired) electrons. The summed E-state index contributed by atoms with van der Waals surface area (Å²) in [5.41, 5.74) is 1.38. The van der Waals surface area contributed by atoms with Gasteiger partial charge in [-0.3, -0.25) is 9.89 Å². The Hall–Kier alpha value is -0.900. The van der Waals surface area contributed by atoms with Gasteiger partial charge in [0.1, 0.15) is 0 Å². The van der Waals surface area contributed by atoms with Gasteiger partial charge in [-0.2, -0.15) is 0 Å². The number of nitrogens with zero attached hydrogens (tertiary/aromatic N) is 2. The molecule has 182 valence electrons. The normalized spacial score (nSPS) is 19.9. The van der Waals surface area contributed by atoms with E-state index in [4.69, 9.17) is 9.47 Å². The van der Waals surface area contributed by atoms with Gasteiger partial charge in [-0.05, 0) is 62.6 Å². The molecule has 2 saturated heterocycles. The van der Waals surface area contributed by atoms with Crippen LogP contribution in [0.4, 0.5) is 0 Å². The van der Waals surface area contributed by atoms with Crippen LogP contribution in [0.1, 0.15) is 50.6 Å². The third-order valence-corrected chi connectivity index (χ3v) is 6.58. The molecule has 1 unspecified atom stereocenters. The Morgan fingerprint density at radius 3 is 2.53 bits per heavy atom. The lowest BCUT2D eigenvalue weighted by Gasteiger charge is -2.37. The topological polar surface area (TPSA) is 58.1 Å². The van der Waals surface area contributed by atoms with Crippen molar-refractivity contribution < 1.29 is 9.47 Å². The molecule has 2 heterocycles. The van der Waals surface area contributed by atoms with Crippen molar-refractivity contribution in [3.8, 4) is 0 Å². The lowest BCUT2D eigenvalue weighted by atomic mass is 9.95. The van der Waals surface area contributed by atoms with Crippen molar-refractivity contribution in [3.63, 3.8) is 0 Å². The van der Waals surface area contributed by atoms with Gasteiger partial charge < -0.3 is 20.1 Å². The molecule has 0 amide bonds. The Bertz CT molecular complexity index is 632. The Kier molecular flexibility index (Phi) is 13.5. The number of nitrogens with one attached hydrogen (secondary N) is 2. The van der Waals surface area contributed by atoms with Crippen molar-refractivity contribution in [2.24, 2.45) is 16.8 Å². The lowest BCUT2D eigenvalue weighted by Crippen LogP contribution is -2.45. The van der Waals surface area contributed by atoms with Crippen LogP contribution in [0.25, 0.3) is 0 Å². The third kappa shape index (κ3) is 9.53. The van der Waals surface area contributed by atoms with E-state index in [9.17, 15) is 0 Å². The van der Waals surface area contributed by atoms with E-state index in [1.165, 1.54) is 31.5 Å². The van der Waals surface area contributed by atoms with Crippen molar-refractivity contribution in [1.82, 2.24) is 15.5 Å². The fourth-order valence-electron chi connectivity index (χ4n) is 4.43. The highest BCUT2D eigenvalue weighted by Gasteiger charge is 2.24. The van der Waals surface area contributed by atoms with E-state index in [-0.39, 0.29) is 24.0 Å². The van der Waals surface area contributed by atoms with E-state index >= 15 is 0 Å². The van der Waals surface area contributed by atoms with Gasteiger partial charge in [0, 0.05) is 46.6 Å². The third-order valence-electron chi connectivity index (χ3n) is 6.58. The number of ether oxygens (including phenoxy) is 2. The molecule has 0 spiro atoms. The summed E-state index contributed by atoms with van der Waals surface area (Å²) >= 11 is 0. The quantitative estimate of drug-likeness (QED) is 0.196. The predicted octanol–water partition coefficient (Wildman–Crippen LogP) is 4.08. The van der Waals surface area contributed by atoms with Crippen LogP contribution in [-0.2, 0) is 9.47 Å². The number of aliphatic imine (C=N–C) groups is 1. The Labute approximate surface area is 211 Å². The summed E-state index contributed by atoms with van der Waals surface area (Å²) in [6.07, 6.45) is 5.81. The molecule has 0 aromatic heterocycles. The van der Waals surface area contributed by atoms with E-state index in [0.717, 1.165) is 70.7 Å². The molecule has 0 bridgehead atoms. The first-order valence-electron chi connectivity index (χ1n) is 12.1. The highest BCUT2D eigenvalue weighted by atomic mass is 127. The Balaban J connectivity index is 0.00000363. The zero-order valence-electron chi connectivity index (χ0n) is 19.9. The molecule has 1 aromatic carbocycles. The van der Waals surface area contributed by atoms with Gasteiger partial charge in [-0.1, -0.05) is 37.3 Å². The summed E-state index contributed by atoms with van der Waals surface area (Å²) in [5.74, 6) is 2.38. The molecule has 2 aliphatic rings. The molecule has 2 fully saturated rings. The van der Waals surface area contributed by atoms with Crippen molar-refractivity contribution in [2.45, 2.75) is 45.1 Å². The summed E-state index contributed by atoms with van der Waals surface area (Å²) in [6.45, 7) is 9.85. The van der Waals surface area contributed by atoms with Gasteiger partial charge in [-0.25, -0.2) is 0 Å². The first kappa shape index (κ1) is 27.3. The average Bonchev–Trinajstić information content (AvgIpc) is 2.82. The van der Waals surface area contributed by atoms with Crippen LogP contribution in [0, 0.1) is 11.8 Å². The first-order valence-corrected chi connectivity index (χ1v) is 12.1. The molecular formula is C25H43IN4O2. The molecule has 32 heavy (non-hydrogen) atoms. The molecule has 7 heteroatoms. The van der Waals surface area contributed by atoms with Crippen molar-refractivity contribution >= 4 is 29.9 Å². The second-order valence-corrected chi connectivity index (χ2v) is 9.01. The van der Waals surface area contributed by atoms with E-state index < -0.39 is 0 Å². The molecule has 1 atom stereocenters. The van der Waals surface area contributed by atoms with E-state index in [2.05, 4.69) is 57.8 Å². The van der Waals surface area contributed by atoms with Gasteiger partial charge in [0.05, 0.1) is 6.04 Å². The van der Waals surface area contributed by atoms with Crippen LogP contribution in [0.5, 0.6) is 0 Å². The molecule has 0 saturated carbocycles. The van der Waals surface area contributed by atoms with Gasteiger partial charge in [0.15, 0.2) is 5.96 Å². The molecule has 0 aliphatic carbocycles. The number of benzene rings is 1. The van der Waals surface area contributed by atoms with Crippen LogP contribution < -0.4 is 10.6 Å². The van der Waals surface area contributed by atoms with Crippen LogP contribution >= 0.6 is 24.0 Å². The van der Waals surface area contributed by atoms with Crippen LogP contribution in [-0.4, -0.2) is 70.5 Å². The largest absolute Gasteiger partial charge is 0.381 e. The second kappa shape index (κ2) is 15.9. The predicted molar refractivity (Wildman–Crippen MR) is 143 cm³/mol. The number of hydrogen-bond donors (Lipinski definition) is 2. The number of piperidine rings is 1. The van der Waals surface area contributed by atoms with Gasteiger partial charge in [0.25, 0.3) is 0 Å². The van der Waals surface area contributed by atoms with Crippen molar-refractivity contribution in [3.05, 3.63) is 35.9 Å². The highest BCUT2D eigenvalue weighted by molar-refractivity contribution is 14.0. The minimum atomic E-state index is 0. The van der Waals surface area contributed by atoms with Crippen molar-refractivity contribution in [1.29, 1.82) is 0 Å². The summed E-state index contributed by atoms with van der Waals surface area (Å²) in [7, 11) is 1.84. The maximum Gasteiger partial charge on any atom is 0.191 e. The van der Waals surface area contributed by atoms with Crippen molar-refractivity contribution in [2.75, 3.05) is 59.7 Å². The maximum absolute atomic E-state index is 5.87. The van der Waals surface area contributed by atoms with E-state index in [0.29, 0.717) is 12.0 Å². The molecule has 1 aromatic rings. The summed E-state index contributed by atoms with van der Waals surface area (Å²) in [6, 6.07) is 11.2. The molecule has 2 N–H and O–H groups in total. The standard InChI is InChI=1S/C25H42N4O2.HI/c1-21-9-14-29(15-10-21)24(23-7-4-3-5-8-23)19-28-25(26-2)27-13-6-16-31-20-22-11-17-30-18-12-22;/h3-5,7-8,21-22,24H,6,9-20H2,1-2H3,(H2,26,27,28);1H. The number of hydrogen-bond acceptors (Lipinski definition) is 4. The van der Waals surface area contributed by atoms with Crippen LogP contribution in [0.15, 0.2) is 35.3 Å². The molecular weight excluding hydrogens is 515 g/mol. The Morgan fingerprint density at radius 1 is 1.12 bits per heavy atom. The summed E-state index contributed by atoms with van der Waals surface area (Å²) in [4.78, 5) is 7.05. The lowest BCUT2D eigenvalue weighted by molar-refractivity contribution is 0.0203. The smallest absolute Gasteiger partial charge is 0.191 e. The number of halogens is 1. The molecule has 6 nitrogen and oxygen atoms in total. The van der Waals surface area contributed by atoms with Gasteiger partial charge in [-0.15, -0.1) is 24.0 Å². The first-order chi connectivity index (χ1) is 15.3. The average molecular weight is 559 g/mol. The number of guanidine groups is 1. The fourth-order valence-corrected chi connectivity index (χ4v) is 4.43. The second-order valence-electron chi connectivity index (χ2n) is 9.01. The van der Waals surface area contributed by atoms with Gasteiger partial charge >= 0.3 is 0 Å². The minimum Gasteiger partial charge on any atom is -0.381 e. The minimum absolute atomic E-state index is 0. The fraction of sp³-hybridized carbons (Fsp3) is 0.720. The van der Waals surface area contributed by atoms with Crippen LogP contribution in [0.3, 0.4) is 0 Å². The van der Waals surface area contributed by atoms with Gasteiger partial charge in [0.2, 0.25) is 0 Å². The summed E-state index contributed by atoms with van der Waals surface area (Å²) in [5, 5.41) is 7.01. The molecule has 2 aliphatic heterocycles. The monoisotopic (exact) mass is 558 g/mol. The number of rotatable bonds is 10. The zero-order chi connectivity index (χ0) is 21.7. The van der Waals surface area contributed by atoms with E-state index in [1.807, 2.05) is 7.05 Å². The maximum atomic E-state index is 5.87. The zero-order valence-corrected chi connectivity index (χ0v) is 22.3. The number of likely N-dealkylation sites (tertiary alicyclic amines) is 1. The van der Waals surface area contributed by atoms with E-state index in [1.54, 1.807) is 0 Å². The highest BCUT2D eigenvalue weighted by Crippen LogP contribution is 2.26. The van der Waals surface area contributed by atoms with Crippen LogP contribution in [0.2, 0.25) is 0 Å². The summed E-state index contributed by atoms with van der Waals surface area (Å²) < 4.78 is 11.3. The Morgan fingerprint density at radius 2 is 1.84 bits per heavy atom. The SMILES string of the molecule is CN=C(NCCCOCC1CCOCC1)NCC(c1ccccc1)N1CCC(C)CC1.I. The molecule has 3 rings (SSSR count).